The van der Waals surface area contributed by atoms with Gasteiger partial charge in [-0.05, 0) is 32.6 Å². The van der Waals surface area contributed by atoms with Gasteiger partial charge < -0.3 is 5.73 Å². The van der Waals surface area contributed by atoms with Crippen LogP contribution in [0.25, 0.3) is 4.96 Å². The molecule has 0 aromatic carbocycles. The Hall–Kier alpha value is -0.870. The highest BCUT2D eigenvalue weighted by molar-refractivity contribution is 7.16. The molecule has 1 fully saturated rings. The van der Waals surface area contributed by atoms with Gasteiger partial charge in [0, 0.05) is 22.3 Å². The Bertz CT molecular complexity index is 493. The third-order valence-electron chi connectivity index (χ3n) is 3.17. The lowest BCUT2D eigenvalue weighted by Crippen LogP contribution is -2.22. The minimum absolute atomic E-state index is 0.148. The van der Waals surface area contributed by atoms with E-state index in [4.69, 9.17) is 5.73 Å². The fourth-order valence-electron chi connectivity index (χ4n) is 1.92. The smallest absolute Gasteiger partial charge is 0.194 e. The number of rotatable bonds is 3. The highest BCUT2D eigenvalue weighted by atomic mass is 32.1. The number of nitrogens with zero attached hydrogens (tertiary/aromatic N) is 2. The molecule has 0 amide bonds. The second-order valence-electron chi connectivity index (χ2n) is 4.61. The van der Waals surface area contributed by atoms with Gasteiger partial charge in [0.1, 0.15) is 0 Å². The van der Waals surface area contributed by atoms with Crippen LogP contribution in [-0.4, -0.2) is 14.9 Å². The first kappa shape index (κ1) is 9.36. The summed E-state index contributed by atoms with van der Waals surface area (Å²) < 4.78 is 2.20. The van der Waals surface area contributed by atoms with Gasteiger partial charge in [0.15, 0.2) is 4.96 Å². The molecule has 2 heterocycles. The summed E-state index contributed by atoms with van der Waals surface area (Å²) in [5.74, 6) is 0. The van der Waals surface area contributed by atoms with E-state index in [2.05, 4.69) is 22.5 Å². The number of hydrogen-bond acceptors (Lipinski definition) is 3. The third-order valence-corrected chi connectivity index (χ3v) is 4.09. The summed E-state index contributed by atoms with van der Waals surface area (Å²) in [5, 5.41) is 0. The van der Waals surface area contributed by atoms with Crippen molar-refractivity contribution in [2.45, 2.75) is 38.1 Å². The van der Waals surface area contributed by atoms with E-state index in [-0.39, 0.29) is 5.54 Å². The molecular formula is C11H15N3S. The van der Waals surface area contributed by atoms with Crippen LogP contribution in [0.3, 0.4) is 0 Å². The Labute approximate surface area is 92.9 Å². The minimum atomic E-state index is 0.148. The summed E-state index contributed by atoms with van der Waals surface area (Å²) in [5.41, 5.74) is 7.53. The number of hydrogen-bond donors (Lipinski definition) is 1. The molecule has 3 rings (SSSR count). The number of imidazole rings is 1. The molecule has 80 valence electrons. The molecule has 2 aromatic rings. The molecule has 1 saturated carbocycles. The van der Waals surface area contributed by atoms with Crippen LogP contribution in [-0.2, 0) is 6.42 Å². The Morgan fingerprint density at radius 3 is 3.13 bits per heavy atom. The second-order valence-corrected chi connectivity index (χ2v) is 5.82. The number of thiazole rings is 1. The summed E-state index contributed by atoms with van der Waals surface area (Å²) in [6, 6.07) is 0. The summed E-state index contributed by atoms with van der Waals surface area (Å²) in [7, 11) is 0. The molecule has 2 N–H and O–H groups in total. The van der Waals surface area contributed by atoms with E-state index in [1.54, 1.807) is 11.3 Å². The molecule has 0 unspecified atom stereocenters. The number of aryl methyl sites for hydroxylation is 2. The van der Waals surface area contributed by atoms with Crippen LogP contribution in [0.5, 0.6) is 0 Å². The highest BCUT2D eigenvalue weighted by Crippen LogP contribution is 2.36. The number of fused-ring (bicyclic) bond motifs is 1. The van der Waals surface area contributed by atoms with Crippen molar-refractivity contribution >= 4 is 16.3 Å². The van der Waals surface area contributed by atoms with Crippen LogP contribution in [0.1, 0.15) is 29.8 Å². The highest BCUT2D eigenvalue weighted by Gasteiger charge is 2.37. The largest absolute Gasteiger partial charge is 0.325 e. The predicted molar refractivity (Wildman–Crippen MR) is 62.3 cm³/mol. The van der Waals surface area contributed by atoms with Crippen molar-refractivity contribution in [3.63, 3.8) is 0 Å². The van der Waals surface area contributed by atoms with Crippen molar-refractivity contribution in [1.29, 1.82) is 0 Å². The lowest BCUT2D eigenvalue weighted by atomic mass is 10.1. The first-order chi connectivity index (χ1) is 7.16. The zero-order valence-electron chi connectivity index (χ0n) is 8.86. The van der Waals surface area contributed by atoms with Crippen LogP contribution in [0.15, 0.2) is 12.4 Å². The average Bonchev–Trinajstić information content (AvgIpc) is 2.65. The first-order valence-corrected chi connectivity index (χ1v) is 6.19. The molecule has 0 atom stereocenters. The summed E-state index contributed by atoms with van der Waals surface area (Å²) >= 11 is 1.74. The second kappa shape index (κ2) is 3.06. The predicted octanol–water partition coefficient (Wildman–Crippen LogP) is 2.13. The minimum Gasteiger partial charge on any atom is -0.325 e. The molecule has 1 aliphatic carbocycles. The fourth-order valence-corrected chi connectivity index (χ4v) is 2.74. The Balaban J connectivity index is 1.83. The van der Waals surface area contributed by atoms with Gasteiger partial charge in [-0.15, -0.1) is 11.3 Å². The first-order valence-electron chi connectivity index (χ1n) is 5.38. The SMILES string of the molecule is Cc1cn2c(CCC3(N)CC3)cnc2s1. The van der Waals surface area contributed by atoms with E-state index < -0.39 is 0 Å². The molecule has 4 heteroatoms. The van der Waals surface area contributed by atoms with Gasteiger partial charge in [-0.25, -0.2) is 4.98 Å². The van der Waals surface area contributed by atoms with Crippen molar-refractivity contribution < 1.29 is 0 Å². The van der Waals surface area contributed by atoms with Crippen LogP contribution < -0.4 is 5.73 Å². The van der Waals surface area contributed by atoms with Crippen molar-refractivity contribution in [2.75, 3.05) is 0 Å². The maximum absolute atomic E-state index is 6.09. The van der Waals surface area contributed by atoms with Crippen LogP contribution in [0.4, 0.5) is 0 Å². The molecule has 3 nitrogen and oxygen atoms in total. The quantitative estimate of drug-likeness (QED) is 0.862. The van der Waals surface area contributed by atoms with Gasteiger partial charge in [0.25, 0.3) is 0 Å². The van der Waals surface area contributed by atoms with E-state index >= 15 is 0 Å². The molecule has 0 aliphatic heterocycles. The van der Waals surface area contributed by atoms with E-state index in [1.165, 1.54) is 23.4 Å². The maximum atomic E-state index is 6.09. The van der Waals surface area contributed by atoms with Gasteiger partial charge in [0.2, 0.25) is 0 Å². The molecule has 0 spiro atoms. The Morgan fingerprint density at radius 2 is 2.40 bits per heavy atom. The number of nitrogens with two attached hydrogens (primary N) is 1. The van der Waals surface area contributed by atoms with Crippen LogP contribution >= 0.6 is 11.3 Å². The standard InChI is InChI=1S/C11H15N3S/c1-8-7-14-9(6-13-10(14)15-8)2-3-11(12)4-5-11/h6-7H,2-5,12H2,1H3. The van der Waals surface area contributed by atoms with E-state index in [0.717, 1.165) is 17.8 Å². The van der Waals surface area contributed by atoms with E-state index in [1.807, 2.05) is 6.20 Å². The van der Waals surface area contributed by atoms with Crippen molar-refractivity contribution in [1.82, 2.24) is 9.38 Å². The summed E-state index contributed by atoms with van der Waals surface area (Å²) in [6.07, 6.45) is 8.67. The molecule has 0 saturated heterocycles. The molecule has 0 bridgehead atoms. The van der Waals surface area contributed by atoms with Crippen LogP contribution in [0, 0.1) is 6.92 Å². The van der Waals surface area contributed by atoms with E-state index in [9.17, 15) is 0 Å². The fraction of sp³-hybridized carbons (Fsp3) is 0.545. The van der Waals surface area contributed by atoms with Crippen molar-refractivity contribution in [3.05, 3.63) is 23.0 Å². The normalized spacial score (nSPS) is 18.5. The molecule has 15 heavy (non-hydrogen) atoms. The monoisotopic (exact) mass is 221 g/mol. The average molecular weight is 221 g/mol. The summed E-state index contributed by atoms with van der Waals surface area (Å²) in [4.78, 5) is 6.82. The van der Waals surface area contributed by atoms with Gasteiger partial charge in [-0.1, -0.05) is 0 Å². The van der Waals surface area contributed by atoms with Gasteiger partial charge >= 0.3 is 0 Å². The zero-order chi connectivity index (χ0) is 10.5. The van der Waals surface area contributed by atoms with E-state index in [0.29, 0.717) is 0 Å². The van der Waals surface area contributed by atoms with Gasteiger partial charge in [-0.2, -0.15) is 0 Å². The Kier molecular flexibility index (Phi) is 1.91. The zero-order valence-corrected chi connectivity index (χ0v) is 9.68. The third kappa shape index (κ3) is 1.68. The molecule has 0 radical (unpaired) electrons. The summed E-state index contributed by atoms with van der Waals surface area (Å²) in [6.45, 7) is 2.12. The molecule has 1 aliphatic rings. The molecule has 2 aromatic heterocycles. The topological polar surface area (TPSA) is 43.3 Å². The Morgan fingerprint density at radius 1 is 1.60 bits per heavy atom. The number of aromatic nitrogens is 2. The van der Waals surface area contributed by atoms with Crippen molar-refractivity contribution in [3.8, 4) is 0 Å². The van der Waals surface area contributed by atoms with Gasteiger partial charge in [-0.3, -0.25) is 4.40 Å². The lowest BCUT2D eigenvalue weighted by molar-refractivity contribution is 0.602. The molecular weight excluding hydrogens is 206 g/mol. The van der Waals surface area contributed by atoms with Gasteiger partial charge in [0.05, 0.1) is 6.20 Å². The van der Waals surface area contributed by atoms with Crippen LogP contribution in [0.2, 0.25) is 0 Å². The maximum Gasteiger partial charge on any atom is 0.194 e. The van der Waals surface area contributed by atoms with Crippen molar-refractivity contribution in [2.24, 2.45) is 5.73 Å². The lowest BCUT2D eigenvalue weighted by Gasteiger charge is -2.06.